The van der Waals surface area contributed by atoms with Gasteiger partial charge in [0.1, 0.15) is 0 Å². The Morgan fingerprint density at radius 1 is 1.77 bits per heavy atom. The van der Waals surface area contributed by atoms with Crippen LogP contribution >= 0.6 is 0 Å². The summed E-state index contributed by atoms with van der Waals surface area (Å²) >= 11 is 0. The van der Waals surface area contributed by atoms with Crippen LogP contribution in [0.5, 0.6) is 0 Å². The van der Waals surface area contributed by atoms with E-state index >= 15 is 0 Å². The van der Waals surface area contributed by atoms with Crippen molar-refractivity contribution in [1.29, 1.82) is 0 Å². The Labute approximate surface area is 78.8 Å². The smallest absolute Gasteiger partial charge is 0.153 e. The van der Waals surface area contributed by atoms with Crippen molar-refractivity contribution in [3.63, 3.8) is 0 Å². The Balaban J connectivity index is 2.35. The van der Waals surface area contributed by atoms with Crippen LogP contribution in [0.3, 0.4) is 0 Å². The van der Waals surface area contributed by atoms with Crippen LogP contribution in [0.2, 0.25) is 0 Å². The van der Waals surface area contributed by atoms with Crippen molar-refractivity contribution in [1.82, 2.24) is 9.80 Å². The van der Waals surface area contributed by atoms with Gasteiger partial charge in [-0.05, 0) is 27.1 Å². The van der Waals surface area contributed by atoms with E-state index < -0.39 is 0 Å². The predicted molar refractivity (Wildman–Crippen MR) is 51.9 cm³/mol. The molecule has 0 radical (unpaired) electrons. The van der Waals surface area contributed by atoms with E-state index in [1.54, 1.807) is 0 Å². The summed E-state index contributed by atoms with van der Waals surface area (Å²) in [6, 6.07) is 0.533. The monoisotopic (exact) mass is 186 g/mol. The van der Waals surface area contributed by atoms with Gasteiger partial charge in [0.15, 0.2) is 5.84 Å². The summed E-state index contributed by atoms with van der Waals surface area (Å²) < 4.78 is 0. The van der Waals surface area contributed by atoms with Crippen molar-refractivity contribution >= 4 is 5.84 Å². The molecular weight excluding hydrogens is 168 g/mol. The second-order valence-corrected chi connectivity index (χ2v) is 3.71. The van der Waals surface area contributed by atoms with Gasteiger partial charge in [0.25, 0.3) is 0 Å². The van der Waals surface area contributed by atoms with E-state index in [2.05, 4.69) is 22.0 Å². The number of amidine groups is 1. The van der Waals surface area contributed by atoms with E-state index in [9.17, 15) is 0 Å². The summed E-state index contributed by atoms with van der Waals surface area (Å²) in [6.07, 6.45) is 1.16. The highest BCUT2D eigenvalue weighted by Crippen LogP contribution is 2.11. The maximum Gasteiger partial charge on any atom is 0.153 e. The third-order valence-corrected chi connectivity index (χ3v) is 2.53. The lowest BCUT2D eigenvalue weighted by molar-refractivity contribution is 0.263. The Bertz CT molecular complexity index is 195. The molecule has 0 saturated carbocycles. The minimum atomic E-state index is 0.275. The van der Waals surface area contributed by atoms with Crippen LogP contribution in [0.4, 0.5) is 0 Å². The molecule has 1 heterocycles. The van der Waals surface area contributed by atoms with Crippen molar-refractivity contribution in [2.24, 2.45) is 10.9 Å². The first-order valence-corrected chi connectivity index (χ1v) is 4.48. The Morgan fingerprint density at radius 3 is 2.92 bits per heavy atom. The van der Waals surface area contributed by atoms with E-state index in [4.69, 9.17) is 10.9 Å². The van der Waals surface area contributed by atoms with Crippen molar-refractivity contribution in [2.75, 3.05) is 33.7 Å². The molecule has 1 aliphatic rings. The van der Waals surface area contributed by atoms with E-state index in [1.165, 1.54) is 0 Å². The van der Waals surface area contributed by atoms with Gasteiger partial charge in [-0.15, -0.1) is 0 Å². The zero-order chi connectivity index (χ0) is 9.84. The largest absolute Gasteiger partial charge is 0.409 e. The van der Waals surface area contributed by atoms with Gasteiger partial charge in [-0.2, -0.15) is 0 Å². The summed E-state index contributed by atoms with van der Waals surface area (Å²) in [5, 5.41) is 11.4. The molecule has 1 aliphatic heterocycles. The topological polar surface area (TPSA) is 65.1 Å². The number of rotatable bonds is 3. The van der Waals surface area contributed by atoms with Gasteiger partial charge >= 0.3 is 0 Å². The van der Waals surface area contributed by atoms with Gasteiger partial charge < -0.3 is 15.8 Å². The van der Waals surface area contributed by atoms with Gasteiger partial charge in [0, 0.05) is 12.6 Å². The molecule has 0 bridgehead atoms. The lowest BCUT2D eigenvalue weighted by atomic mass is 10.2. The number of oxime groups is 1. The third-order valence-electron chi connectivity index (χ3n) is 2.53. The molecule has 1 saturated heterocycles. The van der Waals surface area contributed by atoms with Gasteiger partial charge in [-0.25, -0.2) is 0 Å². The van der Waals surface area contributed by atoms with Crippen LogP contribution in [0, 0.1) is 0 Å². The first-order chi connectivity index (χ1) is 6.13. The molecule has 1 rings (SSSR count). The summed E-state index contributed by atoms with van der Waals surface area (Å²) in [7, 11) is 4.11. The maximum absolute atomic E-state index is 8.40. The lowest BCUT2D eigenvalue weighted by Gasteiger charge is -2.23. The zero-order valence-corrected chi connectivity index (χ0v) is 8.27. The van der Waals surface area contributed by atoms with E-state index in [-0.39, 0.29) is 5.84 Å². The number of hydrogen-bond acceptors (Lipinski definition) is 4. The Kier molecular flexibility index (Phi) is 3.50. The number of hydrogen-bond donors (Lipinski definition) is 2. The minimum Gasteiger partial charge on any atom is -0.409 e. The maximum atomic E-state index is 8.40. The van der Waals surface area contributed by atoms with Gasteiger partial charge in [0.2, 0.25) is 0 Å². The first kappa shape index (κ1) is 10.3. The highest BCUT2D eigenvalue weighted by Gasteiger charge is 2.23. The summed E-state index contributed by atoms with van der Waals surface area (Å²) in [5.41, 5.74) is 5.42. The van der Waals surface area contributed by atoms with Crippen LogP contribution < -0.4 is 5.73 Å². The van der Waals surface area contributed by atoms with E-state index in [0.29, 0.717) is 12.6 Å². The highest BCUT2D eigenvalue weighted by molar-refractivity contribution is 5.81. The van der Waals surface area contributed by atoms with Gasteiger partial charge in [-0.3, -0.25) is 4.90 Å². The van der Waals surface area contributed by atoms with Crippen molar-refractivity contribution in [3.05, 3.63) is 0 Å². The Morgan fingerprint density at radius 2 is 2.46 bits per heavy atom. The number of nitrogens with zero attached hydrogens (tertiary/aromatic N) is 3. The number of likely N-dealkylation sites (N-methyl/N-ethyl adjacent to an activating group) is 2. The van der Waals surface area contributed by atoms with Crippen LogP contribution in [0.25, 0.3) is 0 Å². The zero-order valence-electron chi connectivity index (χ0n) is 8.27. The molecule has 5 heteroatoms. The molecule has 76 valence electrons. The fourth-order valence-corrected chi connectivity index (χ4v) is 1.69. The van der Waals surface area contributed by atoms with Crippen LogP contribution in [-0.2, 0) is 0 Å². The molecule has 0 spiro atoms. The molecule has 0 amide bonds. The van der Waals surface area contributed by atoms with E-state index in [0.717, 1.165) is 19.5 Å². The van der Waals surface area contributed by atoms with Crippen LogP contribution in [-0.4, -0.2) is 60.6 Å². The second kappa shape index (κ2) is 4.43. The average Bonchev–Trinajstić information content (AvgIpc) is 2.51. The molecule has 1 unspecified atom stereocenters. The Hall–Kier alpha value is -0.810. The summed E-state index contributed by atoms with van der Waals surface area (Å²) in [6.45, 7) is 2.73. The molecule has 1 fully saturated rings. The summed E-state index contributed by atoms with van der Waals surface area (Å²) in [5.74, 6) is 0.275. The molecule has 5 nitrogen and oxygen atoms in total. The van der Waals surface area contributed by atoms with Gasteiger partial charge in [0.05, 0.1) is 6.54 Å². The molecule has 0 aliphatic carbocycles. The fraction of sp³-hybridized carbons (Fsp3) is 0.875. The highest BCUT2D eigenvalue weighted by atomic mass is 16.4. The van der Waals surface area contributed by atoms with Crippen LogP contribution in [0.15, 0.2) is 5.16 Å². The van der Waals surface area contributed by atoms with Crippen molar-refractivity contribution < 1.29 is 5.21 Å². The van der Waals surface area contributed by atoms with E-state index in [1.807, 2.05) is 7.05 Å². The fourth-order valence-electron chi connectivity index (χ4n) is 1.69. The first-order valence-electron chi connectivity index (χ1n) is 4.48. The average molecular weight is 186 g/mol. The summed E-state index contributed by atoms with van der Waals surface area (Å²) in [4.78, 5) is 4.41. The number of likely N-dealkylation sites (tertiary alicyclic amines) is 1. The normalized spacial score (nSPS) is 25.8. The quantitative estimate of drug-likeness (QED) is 0.266. The standard InChI is InChI=1S/C8H18N4O/c1-11-4-3-7(5-11)12(2)6-8(9)10-13/h7,13H,3-6H2,1-2H3,(H2,9,10). The molecular formula is C8H18N4O. The molecule has 0 aromatic carbocycles. The second-order valence-electron chi connectivity index (χ2n) is 3.71. The molecule has 3 N–H and O–H groups in total. The van der Waals surface area contributed by atoms with Crippen molar-refractivity contribution in [2.45, 2.75) is 12.5 Å². The molecule has 13 heavy (non-hydrogen) atoms. The van der Waals surface area contributed by atoms with Crippen LogP contribution in [0.1, 0.15) is 6.42 Å². The molecule has 0 aromatic heterocycles. The van der Waals surface area contributed by atoms with Gasteiger partial charge in [-0.1, -0.05) is 5.16 Å². The lowest BCUT2D eigenvalue weighted by Crippen LogP contribution is -2.39. The van der Waals surface area contributed by atoms with Crippen molar-refractivity contribution in [3.8, 4) is 0 Å². The third kappa shape index (κ3) is 2.86. The predicted octanol–water partition coefficient (Wildman–Crippen LogP) is -0.631. The molecule has 1 atom stereocenters. The number of nitrogens with two attached hydrogens (primary N) is 1. The molecule has 0 aromatic rings. The minimum absolute atomic E-state index is 0.275. The SMILES string of the molecule is CN1CCC(N(C)C/C(N)=N/O)C1.